The van der Waals surface area contributed by atoms with Gasteiger partial charge in [0.15, 0.2) is 0 Å². The summed E-state index contributed by atoms with van der Waals surface area (Å²) in [5, 5.41) is 3.41. The Labute approximate surface area is 116 Å². The predicted molar refractivity (Wildman–Crippen MR) is 81.7 cm³/mol. The number of thioether (sulfide) groups is 1. The molecule has 0 bridgehead atoms. The molecule has 0 radical (unpaired) electrons. The van der Waals surface area contributed by atoms with Crippen LogP contribution in [-0.4, -0.2) is 25.7 Å². The van der Waals surface area contributed by atoms with Crippen molar-refractivity contribution in [2.45, 2.75) is 26.8 Å². The SMILES string of the molecule is CNC(CSCC(C)C)c1ccc(OC)cc1C. The maximum Gasteiger partial charge on any atom is 0.119 e. The van der Waals surface area contributed by atoms with Gasteiger partial charge in [-0.2, -0.15) is 11.8 Å². The van der Waals surface area contributed by atoms with Gasteiger partial charge in [-0.3, -0.25) is 0 Å². The minimum atomic E-state index is 0.416. The molecule has 102 valence electrons. The van der Waals surface area contributed by atoms with Crippen LogP contribution in [-0.2, 0) is 0 Å². The molecule has 0 amide bonds. The monoisotopic (exact) mass is 267 g/mol. The summed E-state index contributed by atoms with van der Waals surface area (Å²) in [4.78, 5) is 0. The van der Waals surface area contributed by atoms with Gasteiger partial charge in [-0.05, 0) is 48.9 Å². The Morgan fingerprint density at radius 3 is 2.50 bits per heavy atom. The fraction of sp³-hybridized carbons (Fsp3) is 0.600. The Morgan fingerprint density at radius 1 is 1.28 bits per heavy atom. The third-order valence-corrected chi connectivity index (χ3v) is 4.41. The highest BCUT2D eigenvalue weighted by atomic mass is 32.2. The van der Waals surface area contributed by atoms with Crippen LogP contribution in [0.3, 0.4) is 0 Å². The third kappa shape index (κ3) is 4.54. The van der Waals surface area contributed by atoms with E-state index in [9.17, 15) is 0 Å². The van der Waals surface area contributed by atoms with Crippen molar-refractivity contribution in [2.75, 3.05) is 25.7 Å². The first kappa shape index (κ1) is 15.4. The van der Waals surface area contributed by atoms with E-state index in [4.69, 9.17) is 4.74 Å². The van der Waals surface area contributed by atoms with Gasteiger partial charge in [-0.25, -0.2) is 0 Å². The zero-order valence-corrected chi connectivity index (χ0v) is 12.9. The average molecular weight is 267 g/mol. The molecule has 0 heterocycles. The number of ether oxygens (including phenoxy) is 1. The van der Waals surface area contributed by atoms with Crippen molar-refractivity contribution in [1.29, 1.82) is 0 Å². The zero-order valence-electron chi connectivity index (χ0n) is 12.1. The van der Waals surface area contributed by atoms with Crippen molar-refractivity contribution in [2.24, 2.45) is 5.92 Å². The van der Waals surface area contributed by atoms with E-state index in [-0.39, 0.29) is 0 Å². The number of hydrogen-bond donors (Lipinski definition) is 1. The van der Waals surface area contributed by atoms with Crippen molar-refractivity contribution in [3.63, 3.8) is 0 Å². The molecule has 1 unspecified atom stereocenters. The maximum atomic E-state index is 5.25. The Bertz CT molecular complexity index is 366. The average Bonchev–Trinajstić information content (AvgIpc) is 2.35. The fourth-order valence-corrected chi connectivity index (χ4v) is 3.11. The highest BCUT2D eigenvalue weighted by Gasteiger charge is 2.12. The lowest BCUT2D eigenvalue weighted by molar-refractivity contribution is 0.414. The second kappa shape index (κ2) is 7.70. The minimum Gasteiger partial charge on any atom is -0.497 e. The molecular weight excluding hydrogens is 242 g/mol. The molecule has 0 aliphatic carbocycles. The van der Waals surface area contributed by atoms with E-state index in [1.165, 1.54) is 16.9 Å². The molecule has 1 rings (SSSR count). The van der Waals surface area contributed by atoms with E-state index in [0.29, 0.717) is 6.04 Å². The Balaban J connectivity index is 2.69. The first-order valence-electron chi connectivity index (χ1n) is 6.48. The van der Waals surface area contributed by atoms with E-state index in [0.717, 1.165) is 17.4 Å². The molecule has 1 aromatic rings. The van der Waals surface area contributed by atoms with Crippen molar-refractivity contribution < 1.29 is 4.74 Å². The van der Waals surface area contributed by atoms with Gasteiger partial charge >= 0.3 is 0 Å². The molecule has 2 nitrogen and oxygen atoms in total. The van der Waals surface area contributed by atoms with Crippen LogP contribution in [0.15, 0.2) is 18.2 Å². The molecule has 1 N–H and O–H groups in total. The standard InChI is InChI=1S/C15H25NOS/c1-11(2)9-18-10-15(16-4)14-7-6-13(17-5)8-12(14)3/h6-8,11,15-16H,9-10H2,1-5H3. The summed E-state index contributed by atoms with van der Waals surface area (Å²) in [5.74, 6) is 4.01. The van der Waals surface area contributed by atoms with Crippen molar-refractivity contribution in [3.8, 4) is 5.75 Å². The normalized spacial score (nSPS) is 12.8. The molecule has 0 fully saturated rings. The summed E-state index contributed by atoms with van der Waals surface area (Å²) in [6.07, 6.45) is 0. The molecule has 1 aromatic carbocycles. The topological polar surface area (TPSA) is 21.3 Å². The molecule has 0 spiro atoms. The quantitative estimate of drug-likeness (QED) is 0.815. The van der Waals surface area contributed by atoms with Gasteiger partial charge in [0, 0.05) is 11.8 Å². The van der Waals surface area contributed by atoms with Crippen molar-refractivity contribution in [3.05, 3.63) is 29.3 Å². The molecule has 0 aliphatic heterocycles. The van der Waals surface area contributed by atoms with Crippen molar-refractivity contribution in [1.82, 2.24) is 5.32 Å². The lowest BCUT2D eigenvalue weighted by atomic mass is 10.0. The van der Waals surface area contributed by atoms with E-state index in [1.807, 2.05) is 24.9 Å². The number of methoxy groups -OCH3 is 1. The van der Waals surface area contributed by atoms with E-state index < -0.39 is 0 Å². The van der Waals surface area contributed by atoms with Crippen LogP contribution in [0.4, 0.5) is 0 Å². The van der Waals surface area contributed by atoms with Crippen LogP contribution in [0.2, 0.25) is 0 Å². The Morgan fingerprint density at radius 2 is 2.00 bits per heavy atom. The lowest BCUT2D eigenvalue weighted by Gasteiger charge is -2.19. The minimum absolute atomic E-state index is 0.416. The molecular formula is C15H25NOS. The summed E-state index contributed by atoms with van der Waals surface area (Å²) in [5.41, 5.74) is 2.66. The number of nitrogens with one attached hydrogen (secondary N) is 1. The molecule has 0 saturated carbocycles. The van der Waals surface area contributed by atoms with Gasteiger partial charge in [-0.1, -0.05) is 19.9 Å². The van der Waals surface area contributed by atoms with E-state index in [2.05, 4.69) is 38.2 Å². The summed E-state index contributed by atoms with van der Waals surface area (Å²) in [6, 6.07) is 6.73. The summed E-state index contributed by atoms with van der Waals surface area (Å²) >= 11 is 2.01. The third-order valence-electron chi connectivity index (χ3n) is 2.94. The van der Waals surface area contributed by atoms with Crippen LogP contribution < -0.4 is 10.1 Å². The van der Waals surface area contributed by atoms with Crippen LogP contribution in [0, 0.1) is 12.8 Å². The zero-order chi connectivity index (χ0) is 13.5. The maximum absolute atomic E-state index is 5.25. The van der Waals surface area contributed by atoms with Gasteiger partial charge in [0.25, 0.3) is 0 Å². The van der Waals surface area contributed by atoms with Crippen LogP contribution in [0.1, 0.15) is 31.0 Å². The summed E-state index contributed by atoms with van der Waals surface area (Å²) in [6.45, 7) is 6.68. The van der Waals surface area contributed by atoms with Gasteiger partial charge in [-0.15, -0.1) is 0 Å². The molecule has 0 aliphatic rings. The predicted octanol–water partition coefficient (Wildman–Crippen LogP) is 3.65. The van der Waals surface area contributed by atoms with Crippen LogP contribution in [0.5, 0.6) is 5.75 Å². The second-order valence-corrected chi connectivity index (χ2v) is 6.07. The van der Waals surface area contributed by atoms with Gasteiger partial charge in [0.2, 0.25) is 0 Å². The van der Waals surface area contributed by atoms with Gasteiger partial charge in [0.05, 0.1) is 7.11 Å². The second-order valence-electron chi connectivity index (χ2n) is 5.00. The molecule has 3 heteroatoms. The van der Waals surface area contributed by atoms with E-state index in [1.54, 1.807) is 7.11 Å². The Kier molecular flexibility index (Phi) is 6.58. The summed E-state index contributed by atoms with van der Waals surface area (Å²) in [7, 11) is 3.74. The number of rotatable bonds is 7. The number of benzene rings is 1. The van der Waals surface area contributed by atoms with E-state index >= 15 is 0 Å². The largest absolute Gasteiger partial charge is 0.497 e. The van der Waals surface area contributed by atoms with Gasteiger partial charge < -0.3 is 10.1 Å². The van der Waals surface area contributed by atoms with Gasteiger partial charge in [0.1, 0.15) is 5.75 Å². The number of hydrogen-bond acceptors (Lipinski definition) is 3. The first-order chi connectivity index (χ1) is 8.58. The molecule has 1 atom stereocenters. The lowest BCUT2D eigenvalue weighted by Crippen LogP contribution is -2.20. The highest BCUT2D eigenvalue weighted by molar-refractivity contribution is 7.99. The number of aryl methyl sites for hydroxylation is 1. The smallest absolute Gasteiger partial charge is 0.119 e. The van der Waals surface area contributed by atoms with Crippen LogP contribution in [0.25, 0.3) is 0 Å². The first-order valence-corrected chi connectivity index (χ1v) is 7.63. The molecule has 0 saturated heterocycles. The summed E-state index contributed by atoms with van der Waals surface area (Å²) < 4.78 is 5.25. The highest BCUT2D eigenvalue weighted by Crippen LogP contribution is 2.25. The fourth-order valence-electron chi connectivity index (χ4n) is 1.92. The molecule has 18 heavy (non-hydrogen) atoms. The molecule has 0 aromatic heterocycles. The van der Waals surface area contributed by atoms with Crippen LogP contribution >= 0.6 is 11.8 Å². The van der Waals surface area contributed by atoms with Crippen molar-refractivity contribution >= 4 is 11.8 Å². The Hall–Kier alpha value is -0.670.